The fourth-order valence-corrected chi connectivity index (χ4v) is 4.36. The van der Waals surface area contributed by atoms with Gasteiger partial charge < -0.3 is 9.84 Å². The van der Waals surface area contributed by atoms with E-state index in [0.717, 1.165) is 11.3 Å². The van der Waals surface area contributed by atoms with Crippen LogP contribution in [0.5, 0.6) is 5.75 Å². The van der Waals surface area contributed by atoms with Crippen molar-refractivity contribution in [1.29, 1.82) is 0 Å². The number of rotatable bonds is 6. The van der Waals surface area contributed by atoms with Crippen molar-refractivity contribution >= 4 is 34.7 Å². The molecule has 3 aromatic rings. The summed E-state index contributed by atoms with van der Waals surface area (Å²) in [6, 6.07) is 20.4. The Morgan fingerprint density at radius 1 is 1.03 bits per heavy atom. The van der Waals surface area contributed by atoms with Crippen LogP contribution in [-0.2, 0) is 9.59 Å². The van der Waals surface area contributed by atoms with E-state index >= 15 is 0 Å². The molecule has 5 nitrogen and oxygen atoms in total. The van der Waals surface area contributed by atoms with Gasteiger partial charge in [-0.05, 0) is 66.4 Å². The maximum atomic E-state index is 13.3. The summed E-state index contributed by atoms with van der Waals surface area (Å²) < 4.78 is 5.73. The molecule has 0 aliphatic carbocycles. The Balaban J connectivity index is 1.92. The van der Waals surface area contributed by atoms with Gasteiger partial charge in [-0.15, -0.1) is 0 Å². The zero-order valence-electron chi connectivity index (χ0n) is 19.3. The number of carbonyl (C=O) groups is 2. The maximum absolute atomic E-state index is 13.3. The standard InChI is InChI=1S/C28H26ClNO4/c1-4-34-23-15-12-19(16-22(23)17(2)3)26(31)24-25(18-10-13-20(29)14-11-18)30(28(33)27(24)32)21-8-6-5-7-9-21/h5-17,25,31H,4H2,1-3H3/b26-24-. The molecule has 34 heavy (non-hydrogen) atoms. The number of ether oxygens (including phenoxy) is 1. The van der Waals surface area contributed by atoms with Gasteiger partial charge in [0.2, 0.25) is 0 Å². The predicted octanol–water partition coefficient (Wildman–Crippen LogP) is 6.49. The number of hydrogen-bond donors (Lipinski definition) is 1. The molecule has 0 aromatic heterocycles. The van der Waals surface area contributed by atoms with Crippen molar-refractivity contribution in [3.8, 4) is 5.75 Å². The van der Waals surface area contributed by atoms with Gasteiger partial charge in [0, 0.05) is 16.3 Å². The monoisotopic (exact) mass is 475 g/mol. The molecule has 1 heterocycles. The van der Waals surface area contributed by atoms with E-state index < -0.39 is 17.7 Å². The maximum Gasteiger partial charge on any atom is 0.300 e. The lowest BCUT2D eigenvalue weighted by Gasteiger charge is -2.25. The molecular formula is C28H26ClNO4. The van der Waals surface area contributed by atoms with Crippen molar-refractivity contribution in [3.05, 3.63) is 100 Å². The molecule has 1 saturated heterocycles. The second-order valence-electron chi connectivity index (χ2n) is 8.40. The highest BCUT2D eigenvalue weighted by atomic mass is 35.5. The molecule has 0 bridgehead atoms. The van der Waals surface area contributed by atoms with E-state index in [1.165, 1.54) is 4.90 Å². The lowest BCUT2D eigenvalue weighted by atomic mass is 9.93. The van der Waals surface area contributed by atoms with Gasteiger partial charge in [-0.25, -0.2) is 0 Å². The summed E-state index contributed by atoms with van der Waals surface area (Å²) in [7, 11) is 0. The molecule has 1 N–H and O–H groups in total. The number of carbonyl (C=O) groups excluding carboxylic acids is 2. The minimum atomic E-state index is -0.797. The van der Waals surface area contributed by atoms with Crippen LogP contribution >= 0.6 is 11.6 Å². The van der Waals surface area contributed by atoms with Crippen molar-refractivity contribution in [2.24, 2.45) is 0 Å². The zero-order chi connectivity index (χ0) is 24.4. The van der Waals surface area contributed by atoms with Gasteiger partial charge in [-0.2, -0.15) is 0 Å². The number of halogens is 1. The number of para-hydroxylation sites is 1. The van der Waals surface area contributed by atoms with E-state index in [-0.39, 0.29) is 17.3 Å². The summed E-state index contributed by atoms with van der Waals surface area (Å²) >= 11 is 6.09. The fourth-order valence-electron chi connectivity index (χ4n) is 4.24. The van der Waals surface area contributed by atoms with Crippen LogP contribution in [0.25, 0.3) is 5.76 Å². The average Bonchev–Trinajstić information content (AvgIpc) is 3.10. The van der Waals surface area contributed by atoms with E-state index in [1.54, 1.807) is 60.7 Å². The van der Waals surface area contributed by atoms with Crippen molar-refractivity contribution in [1.82, 2.24) is 0 Å². The van der Waals surface area contributed by atoms with Gasteiger partial charge >= 0.3 is 0 Å². The third-order valence-electron chi connectivity index (χ3n) is 5.87. The van der Waals surface area contributed by atoms with Crippen LogP contribution in [0, 0.1) is 0 Å². The molecule has 0 spiro atoms. The van der Waals surface area contributed by atoms with Gasteiger partial charge in [0.1, 0.15) is 11.5 Å². The summed E-state index contributed by atoms with van der Waals surface area (Å²) in [4.78, 5) is 27.9. The molecule has 1 aliphatic rings. The summed E-state index contributed by atoms with van der Waals surface area (Å²) in [5.74, 6) is -0.785. The van der Waals surface area contributed by atoms with Crippen LogP contribution in [0.4, 0.5) is 5.69 Å². The number of benzene rings is 3. The normalized spacial score (nSPS) is 17.4. The van der Waals surface area contributed by atoms with E-state index in [9.17, 15) is 14.7 Å². The van der Waals surface area contributed by atoms with Crippen molar-refractivity contribution < 1.29 is 19.4 Å². The topological polar surface area (TPSA) is 66.8 Å². The number of ketones is 1. The lowest BCUT2D eigenvalue weighted by Crippen LogP contribution is -2.29. The fraction of sp³-hybridized carbons (Fsp3) is 0.214. The Morgan fingerprint density at radius 2 is 1.71 bits per heavy atom. The number of amides is 1. The summed E-state index contributed by atoms with van der Waals surface area (Å²) in [6.07, 6.45) is 0. The van der Waals surface area contributed by atoms with Gasteiger partial charge in [-0.3, -0.25) is 14.5 Å². The van der Waals surface area contributed by atoms with E-state index in [1.807, 2.05) is 32.9 Å². The van der Waals surface area contributed by atoms with Crippen molar-refractivity contribution in [3.63, 3.8) is 0 Å². The minimum Gasteiger partial charge on any atom is -0.507 e. The molecule has 4 rings (SSSR count). The molecule has 1 atom stereocenters. The second-order valence-corrected chi connectivity index (χ2v) is 8.83. The van der Waals surface area contributed by atoms with E-state index in [2.05, 4.69) is 0 Å². The molecule has 1 amide bonds. The molecule has 1 unspecified atom stereocenters. The Bertz CT molecular complexity index is 1250. The molecule has 174 valence electrons. The lowest BCUT2D eigenvalue weighted by molar-refractivity contribution is -0.132. The number of hydrogen-bond acceptors (Lipinski definition) is 4. The first-order chi connectivity index (χ1) is 16.3. The average molecular weight is 476 g/mol. The van der Waals surface area contributed by atoms with Crippen LogP contribution in [0.15, 0.2) is 78.4 Å². The number of aliphatic hydroxyl groups is 1. The third-order valence-corrected chi connectivity index (χ3v) is 6.12. The second kappa shape index (κ2) is 9.74. The SMILES string of the molecule is CCOc1ccc(/C(O)=C2/C(=O)C(=O)N(c3ccccc3)C2c2ccc(Cl)cc2)cc1C(C)C. The highest BCUT2D eigenvalue weighted by Crippen LogP contribution is 2.43. The van der Waals surface area contributed by atoms with E-state index in [0.29, 0.717) is 28.4 Å². The van der Waals surface area contributed by atoms with Crippen molar-refractivity contribution in [2.75, 3.05) is 11.5 Å². The number of Topliss-reactive ketones (excluding diaryl/α,β-unsaturated/α-hetero) is 1. The molecular weight excluding hydrogens is 450 g/mol. The molecule has 1 aliphatic heterocycles. The van der Waals surface area contributed by atoms with Crippen LogP contribution in [0.1, 0.15) is 49.4 Å². The molecule has 1 fully saturated rings. The Labute approximate surface area is 204 Å². The third kappa shape index (κ3) is 4.31. The minimum absolute atomic E-state index is 0.0371. The summed E-state index contributed by atoms with van der Waals surface area (Å²) in [6.45, 7) is 6.49. The van der Waals surface area contributed by atoms with Gasteiger partial charge in [-0.1, -0.05) is 55.8 Å². The number of aliphatic hydroxyl groups excluding tert-OH is 1. The van der Waals surface area contributed by atoms with Crippen LogP contribution in [0.3, 0.4) is 0 Å². The zero-order valence-corrected chi connectivity index (χ0v) is 20.0. The largest absolute Gasteiger partial charge is 0.507 e. The van der Waals surface area contributed by atoms with Gasteiger partial charge in [0.25, 0.3) is 11.7 Å². The number of anilines is 1. The summed E-state index contributed by atoms with van der Waals surface area (Å²) in [5.41, 5.74) is 2.64. The first-order valence-electron chi connectivity index (χ1n) is 11.2. The first-order valence-corrected chi connectivity index (χ1v) is 11.6. The van der Waals surface area contributed by atoms with Crippen LogP contribution < -0.4 is 9.64 Å². The van der Waals surface area contributed by atoms with Gasteiger partial charge in [0.05, 0.1) is 18.2 Å². The Kier molecular flexibility index (Phi) is 6.75. The highest BCUT2D eigenvalue weighted by molar-refractivity contribution is 6.51. The first kappa shape index (κ1) is 23.6. The molecule has 0 saturated carbocycles. The Morgan fingerprint density at radius 3 is 2.32 bits per heavy atom. The molecule has 6 heteroatoms. The van der Waals surface area contributed by atoms with Crippen LogP contribution in [-0.4, -0.2) is 23.4 Å². The smallest absolute Gasteiger partial charge is 0.300 e. The highest BCUT2D eigenvalue weighted by Gasteiger charge is 2.46. The predicted molar refractivity (Wildman–Crippen MR) is 134 cm³/mol. The van der Waals surface area contributed by atoms with E-state index in [4.69, 9.17) is 16.3 Å². The Hall–Kier alpha value is -3.57. The van der Waals surface area contributed by atoms with Crippen molar-refractivity contribution in [2.45, 2.75) is 32.7 Å². The van der Waals surface area contributed by atoms with Gasteiger partial charge in [0.15, 0.2) is 0 Å². The quantitative estimate of drug-likeness (QED) is 0.251. The molecule has 0 radical (unpaired) electrons. The molecule has 3 aromatic carbocycles. The van der Waals surface area contributed by atoms with Crippen LogP contribution in [0.2, 0.25) is 5.02 Å². The summed E-state index contributed by atoms with van der Waals surface area (Å²) in [5, 5.41) is 11.9. The number of nitrogens with zero attached hydrogens (tertiary/aromatic N) is 1.